The maximum atomic E-state index is 13.1. The van der Waals surface area contributed by atoms with Crippen molar-refractivity contribution in [2.24, 2.45) is 0 Å². The van der Waals surface area contributed by atoms with Crippen molar-refractivity contribution in [3.63, 3.8) is 0 Å². The van der Waals surface area contributed by atoms with Crippen molar-refractivity contribution >= 4 is 40.4 Å². The molecule has 0 unspecified atom stereocenters. The molecule has 1 aliphatic rings. The minimum Gasteiger partial charge on any atom is -0.465 e. The first-order chi connectivity index (χ1) is 17.9. The molecule has 0 bridgehead atoms. The van der Waals surface area contributed by atoms with Crippen LogP contribution in [0.25, 0.3) is 11.3 Å². The summed E-state index contributed by atoms with van der Waals surface area (Å²) >= 11 is 0. The van der Waals surface area contributed by atoms with Crippen molar-refractivity contribution in [3.8, 4) is 0 Å². The number of ether oxygens (including phenoxy) is 1. The molecule has 0 saturated carbocycles. The summed E-state index contributed by atoms with van der Waals surface area (Å²) in [7, 11) is 5.15. The van der Waals surface area contributed by atoms with Crippen molar-refractivity contribution < 1.29 is 24.0 Å². The summed E-state index contributed by atoms with van der Waals surface area (Å²) in [6, 6.07) is 21.3. The molecule has 0 atom stereocenters. The highest BCUT2D eigenvalue weighted by Gasteiger charge is 2.29. The molecule has 4 rings (SSSR count). The summed E-state index contributed by atoms with van der Waals surface area (Å²) in [4.78, 5) is 44.6. The second-order valence-electron chi connectivity index (χ2n) is 8.61. The van der Waals surface area contributed by atoms with E-state index in [1.165, 1.54) is 7.11 Å². The fourth-order valence-electron chi connectivity index (χ4n) is 3.80. The van der Waals surface area contributed by atoms with Gasteiger partial charge in [0.2, 0.25) is 0 Å². The Bertz CT molecular complexity index is 1330. The zero-order chi connectivity index (χ0) is 26.4. The highest BCUT2D eigenvalue weighted by atomic mass is 16.7. The zero-order valence-corrected chi connectivity index (χ0v) is 20.8. The van der Waals surface area contributed by atoms with E-state index in [0.29, 0.717) is 52.5 Å². The number of likely N-dealkylation sites (N-methyl/N-ethyl adjacent to an activating group) is 1. The molecule has 9 nitrogen and oxygen atoms in total. The van der Waals surface area contributed by atoms with Gasteiger partial charge in [-0.25, -0.2) is 10.3 Å². The molecule has 0 saturated heterocycles. The van der Waals surface area contributed by atoms with Gasteiger partial charge in [0.25, 0.3) is 11.8 Å². The second-order valence-corrected chi connectivity index (χ2v) is 8.61. The summed E-state index contributed by atoms with van der Waals surface area (Å²) < 4.78 is 4.79. The average molecular weight is 501 g/mol. The molecular formula is C28H28N4O5. The molecule has 1 heterocycles. The number of rotatable bonds is 9. The van der Waals surface area contributed by atoms with Crippen LogP contribution in [0, 0.1) is 0 Å². The molecule has 3 aromatic rings. The highest BCUT2D eigenvalue weighted by Crippen LogP contribution is 2.38. The highest BCUT2D eigenvalue weighted by molar-refractivity contribution is 6.37. The second kappa shape index (κ2) is 11.5. The SMILES string of the molecule is COC(=O)c1ccc2c(c1)NC(=O)/C2=C(\Nc1ccc(C(=O)NOCCN(C)C)cc1)c1ccccc1. The van der Waals surface area contributed by atoms with Gasteiger partial charge in [-0.2, -0.15) is 0 Å². The van der Waals surface area contributed by atoms with Gasteiger partial charge in [0.05, 0.1) is 36.2 Å². The minimum atomic E-state index is -0.483. The lowest BCUT2D eigenvalue weighted by atomic mass is 9.99. The molecule has 190 valence electrons. The third-order valence-electron chi connectivity index (χ3n) is 5.72. The number of hydrogen-bond donors (Lipinski definition) is 3. The summed E-state index contributed by atoms with van der Waals surface area (Å²) in [6.45, 7) is 1.05. The van der Waals surface area contributed by atoms with E-state index < -0.39 is 5.97 Å². The van der Waals surface area contributed by atoms with Crippen LogP contribution < -0.4 is 16.1 Å². The van der Waals surface area contributed by atoms with E-state index in [-0.39, 0.29) is 11.8 Å². The van der Waals surface area contributed by atoms with Crippen LogP contribution in [-0.4, -0.2) is 57.0 Å². The van der Waals surface area contributed by atoms with Crippen LogP contribution in [0.1, 0.15) is 31.8 Å². The molecule has 3 N–H and O–H groups in total. The van der Waals surface area contributed by atoms with Gasteiger partial charge in [0, 0.05) is 23.4 Å². The number of nitrogens with zero attached hydrogens (tertiary/aromatic N) is 1. The van der Waals surface area contributed by atoms with Gasteiger partial charge in [-0.3, -0.25) is 14.4 Å². The first kappa shape index (κ1) is 25.6. The fourth-order valence-corrected chi connectivity index (χ4v) is 3.80. The normalized spacial score (nSPS) is 13.6. The number of carbonyl (C=O) groups excluding carboxylic acids is 3. The number of methoxy groups -OCH3 is 1. The predicted octanol–water partition coefficient (Wildman–Crippen LogP) is 3.63. The number of hydrogen-bond acceptors (Lipinski definition) is 7. The third kappa shape index (κ3) is 6.03. The van der Waals surface area contributed by atoms with E-state index in [4.69, 9.17) is 9.57 Å². The fraction of sp³-hybridized carbons (Fsp3) is 0.179. The largest absolute Gasteiger partial charge is 0.465 e. The van der Waals surface area contributed by atoms with E-state index in [1.54, 1.807) is 42.5 Å². The van der Waals surface area contributed by atoms with Gasteiger partial charge >= 0.3 is 5.97 Å². The number of nitrogens with one attached hydrogen (secondary N) is 3. The third-order valence-corrected chi connectivity index (χ3v) is 5.72. The first-order valence-electron chi connectivity index (χ1n) is 11.6. The van der Waals surface area contributed by atoms with Crippen LogP contribution in [0.4, 0.5) is 11.4 Å². The Kier molecular flexibility index (Phi) is 7.97. The lowest BCUT2D eigenvalue weighted by Gasteiger charge is -2.15. The lowest BCUT2D eigenvalue weighted by molar-refractivity contribution is -0.110. The maximum absolute atomic E-state index is 13.1. The number of amides is 2. The molecule has 2 amide bonds. The molecule has 1 aliphatic heterocycles. The molecular weight excluding hydrogens is 472 g/mol. The van der Waals surface area contributed by atoms with E-state index in [0.717, 1.165) is 5.56 Å². The number of hydroxylamine groups is 1. The van der Waals surface area contributed by atoms with Crippen molar-refractivity contribution in [1.82, 2.24) is 10.4 Å². The molecule has 0 spiro atoms. The van der Waals surface area contributed by atoms with Crippen LogP contribution >= 0.6 is 0 Å². The maximum Gasteiger partial charge on any atom is 0.337 e. The smallest absolute Gasteiger partial charge is 0.337 e. The topological polar surface area (TPSA) is 109 Å². The van der Waals surface area contributed by atoms with Crippen LogP contribution in [0.2, 0.25) is 0 Å². The Morgan fingerprint density at radius 2 is 1.62 bits per heavy atom. The van der Waals surface area contributed by atoms with Crippen LogP contribution in [-0.2, 0) is 14.4 Å². The van der Waals surface area contributed by atoms with E-state index in [1.807, 2.05) is 49.3 Å². The van der Waals surface area contributed by atoms with Crippen LogP contribution in [0.3, 0.4) is 0 Å². The summed E-state index contributed by atoms with van der Waals surface area (Å²) in [6.07, 6.45) is 0. The van der Waals surface area contributed by atoms with Gasteiger partial charge in [0.1, 0.15) is 0 Å². The average Bonchev–Trinajstić information content (AvgIpc) is 3.24. The molecule has 0 aromatic heterocycles. The van der Waals surface area contributed by atoms with Gasteiger partial charge in [-0.05, 0) is 56.1 Å². The van der Waals surface area contributed by atoms with Crippen LogP contribution in [0.15, 0.2) is 72.8 Å². The number of anilines is 2. The predicted molar refractivity (Wildman–Crippen MR) is 142 cm³/mol. The Labute approximate surface area is 215 Å². The summed E-state index contributed by atoms with van der Waals surface area (Å²) in [5.74, 6) is -1.13. The van der Waals surface area contributed by atoms with Gasteiger partial charge in [-0.15, -0.1) is 0 Å². The van der Waals surface area contributed by atoms with E-state index in [2.05, 4.69) is 16.1 Å². The van der Waals surface area contributed by atoms with Gasteiger partial charge in [0.15, 0.2) is 0 Å². The number of fused-ring (bicyclic) bond motifs is 1. The number of esters is 1. The Hall–Kier alpha value is -4.47. The van der Waals surface area contributed by atoms with Crippen molar-refractivity contribution in [2.75, 3.05) is 45.0 Å². The Morgan fingerprint density at radius 3 is 2.30 bits per heavy atom. The summed E-state index contributed by atoms with van der Waals surface area (Å²) in [5.41, 5.74) is 6.92. The quantitative estimate of drug-likeness (QED) is 0.178. The Balaban J connectivity index is 1.62. The molecule has 37 heavy (non-hydrogen) atoms. The van der Waals surface area contributed by atoms with Crippen molar-refractivity contribution in [3.05, 3.63) is 95.1 Å². The molecule has 0 fully saturated rings. The summed E-state index contributed by atoms with van der Waals surface area (Å²) in [5, 5.41) is 6.19. The zero-order valence-electron chi connectivity index (χ0n) is 20.8. The minimum absolute atomic E-state index is 0.297. The van der Waals surface area contributed by atoms with Crippen molar-refractivity contribution in [1.29, 1.82) is 0 Å². The number of carbonyl (C=O) groups is 3. The molecule has 3 aromatic carbocycles. The van der Waals surface area contributed by atoms with E-state index >= 15 is 0 Å². The molecule has 0 radical (unpaired) electrons. The van der Waals surface area contributed by atoms with Gasteiger partial charge < -0.3 is 20.3 Å². The van der Waals surface area contributed by atoms with Crippen molar-refractivity contribution in [2.45, 2.75) is 0 Å². The monoisotopic (exact) mass is 500 g/mol. The van der Waals surface area contributed by atoms with Crippen LogP contribution in [0.5, 0.6) is 0 Å². The standard InChI is InChI=1S/C28H28N4O5/c1-32(2)15-16-37-31-26(33)19-9-12-21(13-10-19)29-25(18-7-5-4-6-8-18)24-22-14-11-20(28(35)36-3)17-23(22)30-27(24)34/h4-14,17,29H,15-16H2,1-3H3,(H,30,34)(H,31,33)/b25-24-. The molecule has 9 heteroatoms. The van der Waals surface area contributed by atoms with Gasteiger partial charge in [-0.1, -0.05) is 36.4 Å². The Morgan fingerprint density at radius 1 is 0.919 bits per heavy atom. The first-order valence-corrected chi connectivity index (χ1v) is 11.6. The molecule has 0 aliphatic carbocycles. The van der Waals surface area contributed by atoms with E-state index in [9.17, 15) is 14.4 Å². The number of benzene rings is 3. The lowest BCUT2D eigenvalue weighted by Crippen LogP contribution is -2.28.